The van der Waals surface area contributed by atoms with Crippen molar-refractivity contribution in [1.29, 1.82) is 0 Å². The second-order valence-electron chi connectivity index (χ2n) is 12.9. The molecule has 0 spiro atoms. The van der Waals surface area contributed by atoms with Gasteiger partial charge in [-0.05, 0) is 66.9 Å². The van der Waals surface area contributed by atoms with Crippen molar-refractivity contribution >= 4 is 62.1 Å². The number of benzene rings is 6. The van der Waals surface area contributed by atoms with Gasteiger partial charge in [0.2, 0.25) is 6.71 Å². The Hall–Kier alpha value is -4.56. The zero-order valence-electron chi connectivity index (χ0n) is 24.3. The lowest BCUT2D eigenvalue weighted by molar-refractivity contribution is 0.635. The van der Waals surface area contributed by atoms with Crippen LogP contribution in [0.15, 0.2) is 121 Å². The predicted octanol–water partition coefficient (Wildman–Crippen LogP) is 7.80. The SMILES string of the molecule is CC1c2ccccc2C=CC1N1c2cc3ccccc3cc2B2c3ccccc3C(C)(C)c3c2c1cc1ccccc31. The van der Waals surface area contributed by atoms with E-state index >= 15 is 0 Å². The maximum absolute atomic E-state index is 2.70. The van der Waals surface area contributed by atoms with E-state index < -0.39 is 0 Å². The summed E-state index contributed by atoms with van der Waals surface area (Å²) in [5.41, 5.74) is 12.6. The summed E-state index contributed by atoms with van der Waals surface area (Å²) in [6.07, 6.45) is 4.80. The van der Waals surface area contributed by atoms with Crippen LogP contribution in [0.1, 0.15) is 48.9 Å². The summed E-state index contributed by atoms with van der Waals surface area (Å²) in [5, 5.41) is 5.30. The average Bonchev–Trinajstić information content (AvgIpc) is 3.02. The topological polar surface area (TPSA) is 3.24 Å². The molecule has 2 heterocycles. The fraction of sp³-hybridized carbons (Fsp3) is 0.150. The van der Waals surface area contributed by atoms with E-state index in [0.29, 0.717) is 5.92 Å². The highest BCUT2D eigenvalue weighted by molar-refractivity contribution is 6.99. The first-order chi connectivity index (χ1) is 20.5. The maximum Gasteiger partial charge on any atom is 0.247 e. The number of fused-ring (bicyclic) bond motifs is 8. The number of nitrogens with zero attached hydrogens (tertiary/aromatic N) is 1. The molecule has 3 aliphatic rings. The average molecular weight is 538 g/mol. The van der Waals surface area contributed by atoms with Crippen molar-refractivity contribution in [2.75, 3.05) is 4.90 Å². The van der Waals surface area contributed by atoms with Gasteiger partial charge < -0.3 is 4.90 Å². The Bertz CT molecular complexity index is 2120. The Labute approximate surface area is 248 Å². The molecule has 0 N–H and O–H groups in total. The van der Waals surface area contributed by atoms with E-state index in [1.807, 2.05) is 0 Å². The van der Waals surface area contributed by atoms with Gasteiger partial charge in [0.05, 0.1) is 6.04 Å². The fourth-order valence-corrected chi connectivity index (χ4v) is 8.52. The molecule has 0 bridgehead atoms. The van der Waals surface area contributed by atoms with Gasteiger partial charge in [-0.1, -0.05) is 142 Å². The fourth-order valence-electron chi connectivity index (χ4n) is 8.52. The molecular weight excluding hydrogens is 505 g/mol. The lowest BCUT2D eigenvalue weighted by Gasteiger charge is -2.49. The minimum absolute atomic E-state index is 0.126. The molecule has 42 heavy (non-hydrogen) atoms. The maximum atomic E-state index is 2.70. The molecule has 2 atom stereocenters. The van der Waals surface area contributed by atoms with Crippen LogP contribution in [0.4, 0.5) is 11.4 Å². The molecule has 2 unspecified atom stereocenters. The minimum Gasteiger partial charge on any atom is -0.335 e. The lowest BCUT2D eigenvalue weighted by Crippen LogP contribution is -2.65. The van der Waals surface area contributed by atoms with E-state index in [-0.39, 0.29) is 18.2 Å². The summed E-state index contributed by atoms with van der Waals surface area (Å²) in [6.45, 7) is 7.47. The molecule has 1 aliphatic carbocycles. The highest BCUT2D eigenvalue weighted by atomic mass is 15.2. The van der Waals surface area contributed by atoms with Crippen LogP contribution < -0.4 is 21.3 Å². The Morgan fingerprint density at radius 3 is 2.19 bits per heavy atom. The zero-order chi connectivity index (χ0) is 28.2. The highest BCUT2D eigenvalue weighted by Gasteiger charge is 2.48. The van der Waals surface area contributed by atoms with Crippen molar-refractivity contribution in [3.8, 4) is 0 Å². The third-order valence-electron chi connectivity index (χ3n) is 10.4. The van der Waals surface area contributed by atoms with Gasteiger partial charge in [-0.25, -0.2) is 0 Å². The molecule has 0 aromatic heterocycles. The van der Waals surface area contributed by atoms with Crippen molar-refractivity contribution in [2.24, 2.45) is 0 Å². The van der Waals surface area contributed by atoms with Crippen LogP contribution in [-0.2, 0) is 5.41 Å². The summed E-state index contributed by atoms with van der Waals surface area (Å²) < 4.78 is 0. The molecule has 1 nitrogen and oxygen atoms in total. The van der Waals surface area contributed by atoms with Gasteiger partial charge in [0.25, 0.3) is 0 Å². The first-order valence-electron chi connectivity index (χ1n) is 15.3. The summed E-state index contributed by atoms with van der Waals surface area (Å²) in [6, 6.07) is 43.7. The smallest absolute Gasteiger partial charge is 0.247 e. The van der Waals surface area contributed by atoms with E-state index in [9.17, 15) is 0 Å². The molecule has 200 valence electrons. The van der Waals surface area contributed by atoms with E-state index in [1.165, 1.54) is 71.6 Å². The van der Waals surface area contributed by atoms with Crippen LogP contribution in [-0.4, -0.2) is 12.8 Å². The molecule has 2 aliphatic heterocycles. The first kappa shape index (κ1) is 24.1. The summed E-state index contributed by atoms with van der Waals surface area (Å²) in [4.78, 5) is 2.70. The molecule has 0 amide bonds. The van der Waals surface area contributed by atoms with Gasteiger partial charge in [-0.3, -0.25) is 0 Å². The number of hydrogen-bond acceptors (Lipinski definition) is 1. The quantitative estimate of drug-likeness (QED) is 0.194. The van der Waals surface area contributed by atoms with Gasteiger partial charge in [0.1, 0.15) is 0 Å². The molecule has 0 saturated carbocycles. The molecule has 6 aromatic carbocycles. The Balaban J connectivity index is 1.43. The zero-order valence-corrected chi connectivity index (χ0v) is 24.3. The van der Waals surface area contributed by atoms with E-state index in [0.717, 1.165) is 0 Å². The molecule has 2 heteroatoms. The second-order valence-corrected chi connectivity index (χ2v) is 12.9. The van der Waals surface area contributed by atoms with E-state index in [1.54, 1.807) is 0 Å². The van der Waals surface area contributed by atoms with Gasteiger partial charge in [0, 0.05) is 22.7 Å². The van der Waals surface area contributed by atoms with Gasteiger partial charge in [-0.15, -0.1) is 0 Å². The van der Waals surface area contributed by atoms with Crippen molar-refractivity contribution < 1.29 is 0 Å². The third-order valence-corrected chi connectivity index (χ3v) is 10.4. The van der Waals surface area contributed by atoms with Crippen LogP contribution in [0, 0.1) is 0 Å². The summed E-state index contributed by atoms with van der Waals surface area (Å²) >= 11 is 0. The number of hydrogen-bond donors (Lipinski definition) is 0. The van der Waals surface area contributed by atoms with Gasteiger partial charge in [-0.2, -0.15) is 0 Å². The van der Waals surface area contributed by atoms with Gasteiger partial charge >= 0.3 is 0 Å². The minimum atomic E-state index is -0.126. The van der Waals surface area contributed by atoms with Crippen LogP contribution in [0.25, 0.3) is 27.6 Å². The normalized spacial score (nSPS) is 19.3. The van der Waals surface area contributed by atoms with Crippen molar-refractivity contribution in [2.45, 2.75) is 38.1 Å². The number of rotatable bonds is 1. The Morgan fingerprint density at radius 2 is 1.33 bits per heavy atom. The van der Waals surface area contributed by atoms with Crippen molar-refractivity contribution in [3.05, 3.63) is 144 Å². The number of anilines is 2. The molecule has 6 aromatic rings. The van der Waals surface area contributed by atoms with E-state index in [4.69, 9.17) is 0 Å². The van der Waals surface area contributed by atoms with Crippen molar-refractivity contribution in [1.82, 2.24) is 0 Å². The van der Waals surface area contributed by atoms with Crippen LogP contribution in [0.2, 0.25) is 0 Å². The third kappa shape index (κ3) is 3.10. The summed E-state index contributed by atoms with van der Waals surface area (Å²) in [7, 11) is 0. The van der Waals surface area contributed by atoms with Crippen LogP contribution in [0.5, 0.6) is 0 Å². The van der Waals surface area contributed by atoms with Crippen LogP contribution in [0.3, 0.4) is 0 Å². The second kappa shape index (κ2) is 8.49. The standard InChI is InChI=1S/C40H32BN/c1-25-30-16-8-6-12-26(30)20-21-35(25)42-36-23-28-14-5-4-13-27(28)22-34(36)41-33-19-11-10-18-32(33)40(2,3)38-31-17-9-7-15-29(31)24-37(42)39(38)41/h4-25,35H,1-3H3. The van der Waals surface area contributed by atoms with Crippen LogP contribution >= 0.6 is 0 Å². The monoisotopic (exact) mass is 537 g/mol. The Kier molecular flexibility index (Phi) is 4.87. The summed E-state index contributed by atoms with van der Waals surface area (Å²) in [5.74, 6) is 0.341. The molecule has 0 fully saturated rings. The van der Waals surface area contributed by atoms with Crippen molar-refractivity contribution in [3.63, 3.8) is 0 Å². The molecular formula is C40H32BN. The molecule has 9 rings (SSSR count). The first-order valence-corrected chi connectivity index (χ1v) is 15.3. The van der Waals surface area contributed by atoms with E-state index in [2.05, 4.69) is 153 Å². The Morgan fingerprint density at radius 1 is 0.667 bits per heavy atom. The predicted molar refractivity (Wildman–Crippen MR) is 181 cm³/mol. The largest absolute Gasteiger partial charge is 0.335 e. The lowest BCUT2D eigenvalue weighted by atomic mass is 9.30. The highest BCUT2D eigenvalue weighted by Crippen LogP contribution is 2.46. The molecule has 0 radical (unpaired) electrons. The van der Waals surface area contributed by atoms with Gasteiger partial charge in [0.15, 0.2) is 0 Å². The molecule has 0 saturated heterocycles.